The predicted octanol–water partition coefficient (Wildman–Crippen LogP) is 7.76. The maximum Gasteiger partial charge on any atom is 0.121 e. The Hall–Kier alpha value is -0.980. The highest BCUT2D eigenvalue weighted by molar-refractivity contribution is 5.44. The van der Waals surface area contributed by atoms with Crippen molar-refractivity contribution < 1.29 is 5.11 Å². The number of unbranched alkanes of at least 4 members (excludes halogenated alkanes) is 9. The van der Waals surface area contributed by atoms with E-state index in [0.29, 0.717) is 5.75 Å². The Morgan fingerprint density at radius 2 is 1.00 bits per heavy atom. The molecule has 0 fully saturated rings. The van der Waals surface area contributed by atoms with Crippen LogP contribution in [0.25, 0.3) is 0 Å². The van der Waals surface area contributed by atoms with Crippen LogP contribution in [0.1, 0.15) is 115 Å². The fourth-order valence-corrected chi connectivity index (χ4v) is 3.58. The maximum atomic E-state index is 10.7. The lowest BCUT2D eigenvalue weighted by atomic mass is 9.94. The van der Waals surface area contributed by atoms with E-state index < -0.39 is 0 Å². The summed E-state index contributed by atoms with van der Waals surface area (Å²) in [6.45, 7) is 6.75. The maximum absolute atomic E-state index is 10.7. The lowest BCUT2D eigenvalue weighted by Crippen LogP contribution is -1.97. The van der Waals surface area contributed by atoms with E-state index in [1.54, 1.807) is 0 Å². The third-order valence-electron chi connectivity index (χ3n) is 5.25. The summed E-state index contributed by atoms with van der Waals surface area (Å²) in [6.07, 6.45) is 18.7. The third-order valence-corrected chi connectivity index (χ3v) is 5.25. The van der Waals surface area contributed by atoms with Crippen LogP contribution < -0.4 is 0 Å². The summed E-state index contributed by atoms with van der Waals surface area (Å²) < 4.78 is 0. The number of hydrogen-bond acceptors (Lipinski definition) is 1. The van der Waals surface area contributed by atoms with Gasteiger partial charge in [0.1, 0.15) is 5.75 Å². The van der Waals surface area contributed by atoms with E-state index in [1.807, 2.05) is 0 Å². The first-order valence-corrected chi connectivity index (χ1v) is 11.1. The van der Waals surface area contributed by atoms with Gasteiger partial charge in [-0.2, -0.15) is 0 Å². The molecule has 0 radical (unpaired) electrons. The number of phenols is 1. The number of hydrogen-bond donors (Lipinski definition) is 1. The van der Waals surface area contributed by atoms with Crippen molar-refractivity contribution in [2.24, 2.45) is 0 Å². The average Bonchev–Trinajstić information content (AvgIpc) is 2.62. The van der Waals surface area contributed by atoms with E-state index in [4.69, 9.17) is 0 Å². The van der Waals surface area contributed by atoms with Gasteiger partial charge < -0.3 is 5.11 Å². The summed E-state index contributed by atoms with van der Waals surface area (Å²) in [4.78, 5) is 0. The molecule has 0 unspecified atom stereocenters. The molecular weight excluding hydrogens is 304 g/mol. The van der Waals surface area contributed by atoms with Crippen LogP contribution in [-0.4, -0.2) is 5.11 Å². The van der Waals surface area contributed by atoms with Crippen LogP contribution >= 0.6 is 0 Å². The lowest BCUT2D eigenvalue weighted by molar-refractivity contribution is 0.457. The highest BCUT2D eigenvalue weighted by Gasteiger charge is 2.10. The van der Waals surface area contributed by atoms with Crippen LogP contribution in [0, 0.1) is 0 Å². The van der Waals surface area contributed by atoms with Gasteiger partial charge in [-0.3, -0.25) is 0 Å². The molecule has 0 aliphatic carbocycles. The molecule has 1 heteroatoms. The van der Waals surface area contributed by atoms with E-state index in [2.05, 4.69) is 32.9 Å². The largest absolute Gasteiger partial charge is 0.507 e. The summed E-state index contributed by atoms with van der Waals surface area (Å²) in [5.74, 6) is 0.594. The van der Waals surface area contributed by atoms with Crippen molar-refractivity contribution in [3.8, 4) is 5.75 Å². The quantitative estimate of drug-likeness (QED) is 0.322. The van der Waals surface area contributed by atoms with Gasteiger partial charge >= 0.3 is 0 Å². The molecule has 25 heavy (non-hydrogen) atoms. The first kappa shape index (κ1) is 22.1. The molecule has 144 valence electrons. The molecular formula is C24H42O. The van der Waals surface area contributed by atoms with Gasteiger partial charge in [-0.15, -0.1) is 0 Å². The summed E-state index contributed by atoms with van der Waals surface area (Å²) in [6, 6.07) is 4.58. The summed E-state index contributed by atoms with van der Waals surface area (Å²) in [5.41, 5.74) is 3.84. The van der Waals surface area contributed by atoms with Gasteiger partial charge in [0.05, 0.1) is 0 Å². The smallest absolute Gasteiger partial charge is 0.121 e. The van der Waals surface area contributed by atoms with Crippen molar-refractivity contribution in [2.45, 2.75) is 117 Å². The first-order chi connectivity index (χ1) is 12.2. The van der Waals surface area contributed by atoms with Crippen LogP contribution in [0.2, 0.25) is 0 Å². The Kier molecular flexibility index (Phi) is 12.5. The Balaban J connectivity index is 2.64. The van der Waals surface area contributed by atoms with E-state index >= 15 is 0 Å². The van der Waals surface area contributed by atoms with Gasteiger partial charge in [0.2, 0.25) is 0 Å². The fourth-order valence-electron chi connectivity index (χ4n) is 3.58. The minimum absolute atomic E-state index is 0.594. The van der Waals surface area contributed by atoms with Crippen molar-refractivity contribution >= 4 is 0 Å². The van der Waals surface area contributed by atoms with Gasteiger partial charge in [0.25, 0.3) is 0 Å². The molecule has 1 aromatic carbocycles. The second-order valence-corrected chi connectivity index (χ2v) is 7.69. The number of aryl methyl sites for hydroxylation is 3. The van der Waals surface area contributed by atoms with E-state index in [0.717, 1.165) is 12.8 Å². The van der Waals surface area contributed by atoms with Crippen LogP contribution in [0.3, 0.4) is 0 Å². The van der Waals surface area contributed by atoms with Crippen LogP contribution in [-0.2, 0) is 19.3 Å². The molecule has 0 saturated carbocycles. The summed E-state index contributed by atoms with van der Waals surface area (Å²) >= 11 is 0. The zero-order chi connectivity index (χ0) is 18.3. The number of aromatic hydroxyl groups is 1. The molecule has 0 aromatic heterocycles. The van der Waals surface area contributed by atoms with Crippen LogP contribution in [0.4, 0.5) is 0 Å². The normalized spacial score (nSPS) is 11.2. The minimum atomic E-state index is 0.594. The van der Waals surface area contributed by atoms with E-state index in [-0.39, 0.29) is 0 Å². The zero-order valence-electron chi connectivity index (χ0n) is 17.2. The van der Waals surface area contributed by atoms with Gasteiger partial charge in [-0.05, 0) is 55.2 Å². The van der Waals surface area contributed by atoms with Gasteiger partial charge in [0.15, 0.2) is 0 Å². The second-order valence-electron chi connectivity index (χ2n) is 7.69. The zero-order valence-corrected chi connectivity index (χ0v) is 17.2. The Labute approximate surface area is 157 Å². The standard InChI is InChI=1S/C24H42O/c1-4-7-10-12-13-14-16-21-19-22(17-9-6-3)24(25)23(20-21)18-15-11-8-5-2/h19-20,25H,4-18H2,1-3H3. The second kappa shape index (κ2) is 14.2. The first-order valence-electron chi connectivity index (χ1n) is 11.1. The molecule has 1 aromatic rings. The average molecular weight is 347 g/mol. The molecule has 0 bridgehead atoms. The molecule has 0 aliphatic heterocycles. The highest BCUT2D eigenvalue weighted by Crippen LogP contribution is 2.29. The van der Waals surface area contributed by atoms with Gasteiger partial charge in [0, 0.05) is 0 Å². The van der Waals surface area contributed by atoms with E-state index in [9.17, 15) is 5.11 Å². The third kappa shape index (κ3) is 9.33. The van der Waals surface area contributed by atoms with Crippen molar-refractivity contribution in [1.82, 2.24) is 0 Å². The van der Waals surface area contributed by atoms with E-state index in [1.165, 1.54) is 100 Å². The molecule has 0 aliphatic rings. The number of phenolic OH excluding ortho intramolecular Hbond substituents is 1. The predicted molar refractivity (Wildman–Crippen MR) is 112 cm³/mol. The van der Waals surface area contributed by atoms with Crippen LogP contribution in [0.5, 0.6) is 5.75 Å². The lowest BCUT2D eigenvalue weighted by Gasteiger charge is -2.13. The Bertz CT molecular complexity index is 450. The topological polar surface area (TPSA) is 20.2 Å². The summed E-state index contributed by atoms with van der Waals surface area (Å²) in [5, 5.41) is 10.7. The molecule has 0 atom stereocenters. The molecule has 0 amide bonds. The highest BCUT2D eigenvalue weighted by atomic mass is 16.3. The van der Waals surface area contributed by atoms with Crippen molar-refractivity contribution in [1.29, 1.82) is 0 Å². The molecule has 1 nitrogen and oxygen atoms in total. The molecule has 0 spiro atoms. The fraction of sp³-hybridized carbons (Fsp3) is 0.750. The van der Waals surface area contributed by atoms with Gasteiger partial charge in [-0.1, -0.05) is 90.7 Å². The molecule has 0 heterocycles. The van der Waals surface area contributed by atoms with Gasteiger partial charge in [-0.25, -0.2) is 0 Å². The Morgan fingerprint density at radius 1 is 0.560 bits per heavy atom. The SMILES string of the molecule is CCCCCCCCc1cc(CCCC)c(O)c(CCCCCC)c1. The number of rotatable bonds is 15. The van der Waals surface area contributed by atoms with Crippen molar-refractivity contribution in [2.75, 3.05) is 0 Å². The van der Waals surface area contributed by atoms with Crippen molar-refractivity contribution in [3.63, 3.8) is 0 Å². The Morgan fingerprint density at radius 3 is 1.60 bits per heavy atom. The molecule has 1 N–H and O–H groups in total. The summed E-state index contributed by atoms with van der Waals surface area (Å²) in [7, 11) is 0. The van der Waals surface area contributed by atoms with Crippen molar-refractivity contribution in [3.05, 3.63) is 28.8 Å². The molecule has 0 saturated heterocycles. The minimum Gasteiger partial charge on any atom is -0.507 e. The van der Waals surface area contributed by atoms with Crippen LogP contribution in [0.15, 0.2) is 12.1 Å². The number of benzene rings is 1. The monoisotopic (exact) mass is 346 g/mol. The molecule has 1 rings (SSSR count).